The summed E-state index contributed by atoms with van der Waals surface area (Å²) in [5, 5.41) is 9.82. The molecule has 2 aliphatic rings. The summed E-state index contributed by atoms with van der Waals surface area (Å²) < 4.78 is 5.19. The lowest BCUT2D eigenvalue weighted by Gasteiger charge is -2.35. The fourth-order valence-electron chi connectivity index (χ4n) is 2.34. The van der Waals surface area contributed by atoms with E-state index in [1.165, 1.54) is 0 Å². The predicted molar refractivity (Wildman–Crippen MR) is 51.1 cm³/mol. The molecule has 0 aromatic rings. The van der Waals surface area contributed by atoms with Crippen LogP contribution in [0.3, 0.4) is 0 Å². The number of ether oxygens (including phenoxy) is 1. The van der Waals surface area contributed by atoms with Gasteiger partial charge < -0.3 is 9.84 Å². The summed E-state index contributed by atoms with van der Waals surface area (Å²) in [4.78, 5) is 0. The predicted octanol–water partition coefficient (Wildman–Crippen LogP) is 1.86. The topological polar surface area (TPSA) is 29.5 Å². The average molecular weight is 180 g/mol. The third kappa shape index (κ3) is 1.63. The van der Waals surface area contributed by atoms with E-state index in [-0.39, 0.29) is 6.10 Å². The molecule has 2 aliphatic carbocycles. The quantitative estimate of drug-likeness (QED) is 0.624. The van der Waals surface area contributed by atoms with Crippen molar-refractivity contribution < 1.29 is 9.84 Å². The second-order valence-corrected chi connectivity index (χ2v) is 3.90. The molecule has 1 unspecified atom stereocenters. The maximum atomic E-state index is 9.82. The Hall–Kier alpha value is -0.760. The van der Waals surface area contributed by atoms with Gasteiger partial charge in [0.2, 0.25) is 0 Å². The number of allylic oxidation sites excluding steroid dienone is 3. The minimum absolute atomic E-state index is 0.307. The molecule has 0 aliphatic heterocycles. The van der Waals surface area contributed by atoms with E-state index in [1.54, 1.807) is 7.11 Å². The van der Waals surface area contributed by atoms with E-state index >= 15 is 0 Å². The molecule has 0 fully saturated rings. The van der Waals surface area contributed by atoms with Crippen LogP contribution in [-0.4, -0.2) is 18.3 Å². The molecule has 3 atom stereocenters. The number of hydrogen-bond donors (Lipinski definition) is 1. The second-order valence-electron chi connectivity index (χ2n) is 3.90. The van der Waals surface area contributed by atoms with Crippen molar-refractivity contribution in [3.63, 3.8) is 0 Å². The molecule has 0 bridgehead atoms. The molecular formula is C11H16O2. The van der Waals surface area contributed by atoms with E-state index in [2.05, 4.69) is 12.2 Å². The van der Waals surface area contributed by atoms with Crippen LogP contribution in [0.25, 0.3) is 0 Å². The first-order valence-corrected chi connectivity index (χ1v) is 4.89. The summed E-state index contributed by atoms with van der Waals surface area (Å²) in [5.74, 6) is 1.95. The van der Waals surface area contributed by atoms with Gasteiger partial charge in [0.1, 0.15) is 0 Å². The summed E-state index contributed by atoms with van der Waals surface area (Å²) in [5.41, 5.74) is 0. The Morgan fingerprint density at radius 2 is 2.15 bits per heavy atom. The van der Waals surface area contributed by atoms with E-state index in [4.69, 9.17) is 4.74 Å². The third-order valence-electron chi connectivity index (χ3n) is 3.14. The summed E-state index contributed by atoms with van der Waals surface area (Å²) in [6, 6.07) is 0. The Morgan fingerprint density at radius 1 is 1.38 bits per heavy atom. The zero-order chi connectivity index (χ0) is 9.26. The van der Waals surface area contributed by atoms with Gasteiger partial charge in [0.25, 0.3) is 0 Å². The minimum Gasteiger partial charge on any atom is -0.501 e. The van der Waals surface area contributed by atoms with E-state index in [9.17, 15) is 5.11 Å². The SMILES string of the molecule is COC1=CC(O)[C@@H]2CC=CC[C@@H]2C1. The Balaban J connectivity index is 2.14. The first kappa shape index (κ1) is 8.82. The summed E-state index contributed by atoms with van der Waals surface area (Å²) in [6.07, 6.45) is 9.03. The van der Waals surface area contributed by atoms with Gasteiger partial charge >= 0.3 is 0 Å². The van der Waals surface area contributed by atoms with Crippen LogP contribution < -0.4 is 0 Å². The average Bonchev–Trinajstić information content (AvgIpc) is 2.18. The van der Waals surface area contributed by atoms with Crippen LogP contribution in [0.1, 0.15) is 19.3 Å². The van der Waals surface area contributed by atoms with Crippen LogP contribution in [0.2, 0.25) is 0 Å². The summed E-state index contributed by atoms with van der Waals surface area (Å²) >= 11 is 0. The fourth-order valence-corrected chi connectivity index (χ4v) is 2.34. The van der Waals surface area contributed by atoms with Gasteiger partial charge in [-0.15, -0.1) is 0 Å². The Labute approximate surface area is 78.9 Å². The van der Waals surface area contributed by atoms with Crippen LogP contribution in [0.15, 0.2) is 24.0 Å². The maximum absolute atomic E-state index is 9.82. The van der Waals surface area contributed by atoms with Crippen LogP contribution in [0, 0.1) is 11.8 Å². The normalized spacial score (nSPS) is 38.0. The van der Waals surface area contributed by atoms with Crippen molar-refractivity contribution in [2.75, 3.05) is 7.11 Å². The summed E-state index contributed by atoms with van der Waals surface area (Å²) in [6.45, 7) is 0. The highest BCUT2D eigenvalue weighted by molar-refractivity contribution is 5.11. The van der Waals surface area contributed by atoms with Crippen LogP contribution in [-0.2, 0) is 4.74 Å². The van der Waals surface area contributed by atoms with E-state index in [1.807, 2.05) is 6.08 Å². The second kappa shape index (κ2) is 3.54. The van der Waals surface area contributed by atoms with E-state index in [0.717, 1.165) is 25.0 Å². The van der Waals surface area contributed by atoms with Gasteiger partial charge in [0.15, 0.2) is 0 Å². The first-order chi connectivity index (χ1) is 6.31. The molecule has 0 radical (unpaired) electrons. The van der Waals surface area contributed by atoms with E-state index in [0.29, 0.717) is 11.8 Å². The van der Waals surface area contributed by atoms with Crippen LogP contribution >= 0.6 is 0 Å². The smallest absolute Gasteiger partial charge is 0.0944 e. The number of aliphatic hydroxyl groups is 1. The standard InChI is InChI=1S/C11H16O2/c1-13-9-6-8-4-2-3-5-10(8)11(12)7-9/h2-3,7-8,10-12H,4-6H2,1H3/t8-,10-,11?/m1/s1. The number of methoxy groups -OCH3 is 1. The highest BCUT2D eigenvalue weighted by Crippen LogP contribution is 2.37. The number of rotatable bonds is 1. The van der Waals surface area contributed by atoms with Crippen molar-refractivity contribution >= 4 is 0 Å². The summed E-state index contributed by atoms with van der Waals surface area (Å²) in [7, 11) is 1.68. The number of hydrogen-bond acceptors (Lipinski definition) is 2. The number of aliphatic hydroxyl groups excluding tert-OH is 1. The van der Waals surface area contributed by atoms with Gasteiger partial charge in [0, 0.05) is 6.42 Å². The lowest BCUT2D eigenvalue weighted by Crippen LogP contribution is -2.32. The van der Waals surface area contributed by atoms with Crippen molar-refractivity contribution in [3.05, 3.63) is 24.0 Å². The minimum atomic E-state index is -0.307. The fraction of sp³-hybridized carbons (Fsp3) is 0.636. The van der Waals surface area contributed by atoms with Gasteiger partial charge in [-0.3, -0.25) is 0 Å². The van der Waals surface area contributed by atoms with Crippen molar-refractivity contribution in [1.29, 1.82) is 0 Å². The highest BCUT2D eigenvalue weighted by atomic mass is 16.5. The molecule has 2 heteroatoms. The largest absolute Gasteiger partial charge is 0.501 e. The van der Waals surface area contributed by atoms with Crippen molar-refractivity contribution in [3.8, 4) is 0 Å². The molecule has 13 heavy (non-hydrogen) atoms. The molecule has 72 valence electrons. The Morgan fingerprint density at radius 3 is 2.92 bits per heavy atom. The van der Waals surface area contributed by atoms with Gasteiger partial charge in [-0.2, -0.15) is 0 Å². The van der Waals surface area contributed by atoms with E-state index < -0.39 is 0 Å². The highest BCUT2D eigenvalue weighted by Gasteiger charge is 2.32. The molecule has 2 rings (SSSR count). The van der Waals surface area contributed by atoms with Gasteiger partial charge in [-0.1, -0.05) is 12.2 Å². The third-order valence-corrected chi connectivity index (χ3v) is 3.14. The molecule has 2 nitrogen and oxygen atoms in total. The molecule has 0 spiro atoms. The zero-order valence-corrected chi connectivity index (χ0v) is 7.94. The van der Waals surface area contributed by atoms with Gasteiger partial charge in [-0.25, -0.2) is 0 Å². The van der Waals surface area contributed by atoms with Crippen molar-refractivity contribution in [2.45, 2.75) is 25.4 Å². The monoisotopic (exact) mass is 180 g/mol. The van der Waals surface area contributed by atoms with Gasteiger partial charge in [-0.05, 0) is 30.8 Å². The Kier molecular flexibility index (Phi) is 2.40. The maximum Gasteiger partial charge on any atom is 0.0944 e. The van der Waals surface area contributed by atoms with Crippen LogP contribution in [0.4, 0.5) is 0 Å². The van der Waals surface area contributed by atoms with Crippen molar-refractivity contribution in [1.82, 2.24) is 0 Å². The molecule has 0 saturated heterocycles. The Bertz CT molecular complexity index is 242. The lowest BCUT2D eigenvalue weighted by atomic mass is 9.74. The molecule has 0 saturated carbocycles. The molecule has 1 N–H and O–H groups in total. The molecule has 0 aromatic carbocycles. The molecular weight excluding hydrogens is 164 g/mol. The van der Waals surface area contributed by atoms with Gasteiger partial charge in [0.05, 0.1) is 19.0 Å². The molecule has 0 amide bonds. The first-order valence-electron chi connectivity index (χ1n) is 4.89. The van der Waals surface area contributed by atoms with Crippen molar-refractivity contribution in [2.24, 2.45) is 11.8 Å². The molecule has 0 aromatic heterocycles. The zero-order valence-electron chi connectivity index (χ0n) is 7.94. The molecule has 0 heterocycles. The lowest BCUT2D eigenvalue weighted by molar-refractivity contribution is 0.0788. The van der Waals surface area contributed by atoms with Crippen LogP contribution in [0.5, 0.6) is 0 Å². The number of fused-ring (bicyclic) bond motifs is 1.